The summed E-state index contributed by atoms with van der Waals surface area (Å²) in [5.41, 5.74) is 2.21. The number of nitrogens with zero attached hydrogens (tertiary/aromatic N) is 1. The standard InChI is InChI=1S/C21H24FN3O3S/c1-3-25(4-2)29(27,28)20-13-15(9-10-18(20)22)21(26)23-12-11-16-14-24-19-8-6-5-7-17(16)19/h5-10,13-14,24H,3-4,11-12H2,1-2H3,(H,23,26). The van der Waals surface area contributed by atoms with E-state index in [0.717, 1.165) is 32.9 Å². The van der Waals surface area contributed by atoms with Crippen LogP contribution in [0.5, 0.6) is 0 Å². The molecular weight excluding hydrogens is 393 g/mol. The Bertz CT molecular complexity index is 1120. The average Bonchev–Trinajstić information content (AvgIpc) is 3.12. The molecule has 0 spiro atoms. The quantitative estimate of drug-likeness (QED) is 0.590. The monoisotopic (exact) mass is 417 g/mol. The Morgan fingerprint density at radius 1 is 1.14 bits per heavy atom. The second-order valence-corrected chi connectivity index (χ2v) is 8.51. The summed E-state index contributed by atoms with van der Waals surface area (Å²) < 4.78 is 40.6. The van der Waals surface area contributed by atoms with E-state index in [2.05, 4.69) is 10.3 Å². The molecule has 3 rings (SSSR count). The molecule has 1 amide bonds. The molecule has 0 aliphatic carbocycles. The molecule has 3 aromatic rings. The Balaban J connectivity index is 1.73. The zero-order valence-electron chi connectivity index (χ0n) is 16.4. The van der Waals surface area contributed by atoms with Crippen molar-refractivity contribution < 1.29 is 17.6 Å². The number of fused-ring (bicyclic) bond motifs is 1. The molecule has 6 nitrogen and oxygen atoms in total. The van der Waals surface area contributed by atoms with E-state index < -0.39 is 26.6 Å². The van der Waals surface area contributed by atoms with E-state index in [1.54, 1.807) is 13.8 Å². The van der Waals surface area contributed by atoms with Gasteiger partial charge in [-0.25, -0.2) is 12.8 Å². The highest BCUT2D eigenvalue weighted by molar-refractivity contribution is 7.89. The number of H-pyrrole nitrogens is 1. The van der Waals surface area contributed by atoms with Gasteiger partial charge in [-0.15, -0.1) is 0 Å². The molecule has 0 atom stereocenters. The van der Waals surface area contributed by atoms with Crippen LogP contribution in [0.1, 0.15) is 29.8 Å². The van der Waals surface area contributed by atoms with E-state index in [4.69, 9.17) is 0 Å². The lowest BCUT2D eigenvalue weighted by molar-refractivity contribution is 0.0954. The van der Waals surface area contributed by atoms with Crippen LogP contribution >= 0.6 is 0 Å². The van der Waals surface area contributed by atoms with E-state index in [9.17, 15) is 17.6 Å². The van der Waals surface area contributed by atoms with Crippen molar-refractivity contribution in [1.29, 1.82) is 0 Å². The minimum Gasteiger partial charge on any atom is -0.361 e. The van der Waals surface area contributed by atoms with Gasteiger partial charge >= 0.3 is 0 Å². The Morgan fingerprint density at radius 2 is 1.86 bits per heavy atom. The minimum atomic E-state index is -3.99. The zero-order chi connectivity index (χ0) is 21.0. The van der Waals surface area contributed by atoms with Crippen molar-refractivity contribution in [1.82, 2.24) is 14.6 Å². The maximum atomic E-state index is 14.2. The second-order valence-electron chi connectivity index (χ2n) is 6.60. The number of sulfonamides is 1. The molecule has 1 aromatic heterocycles. The summed E-state index contributed by atoms with van der Waals surface area (Å²) in [7, 11) is -3.99. The molecule has 0 radical (unpaired) electrons. The van der Waals surface area contributed by atoms with Gasteiger partial charge < -0.3 is 10.3 Å². The van der Waals surface area contributed by atoms with Crippen LogP contribution in [0.25, 0.3) is 10.9 Å². The number of hydrogen-bond donors (Lipinski definition) is 2. The van der Waals surface area contributed by atoms with Crippen LogP contribution in [0.15, 0.2) is 53.6 Å². The molecule has 8 heteroatoms. The fourth-order valence-electron chi connectivity index (χ4n) is 3.30. The lowest BCUT2D eigenvalue weighted by Crippen LogP contribution is -2.32. The SMILES string of the molecule is CCN(CC)S(=O)(=O)c1cc(C(=O)NCCc2c[nH]c3ccccc23)ccc1F. The zero-order valence-corrected chi connectivity index (χ0v) is 17.2. The van der Waals surface area contributed by atoms with Crippen LogP contribution in [-0.4, -0.2) is 43.2 Å². The van der Waals surface area contributed by atoms with Crippen LogP contribution < -0.4 is 5.32 Å². The molecule has 0 bridgehead atoms. The number of carbonyl (C=O) groups is 1. The van der Waals surface area contributed by atoms with Crippen LogP contribution in [-0.2, 0) is 16.4 Å². The van der Waals surface area contributed by atoms with Crippen molar-refractivity contribution in [2.24, 2.45) is 0 Å². The fraction of sp³-hybridized carbons (Fsp3) is 0.286. The number of halogens is 1. The summed E-state index contributed by atoms with van der Waals surface area (Å²) in [5, 5.41) is 3.87. The maximum Gasteiger partial charge on any atom is 0.251 e. The second kappa shape index (κ2) is 8.75. The van der Waals surface area contributed by atoms with Crippen LogP contribution in [0.3, 0.4) is 0 Å². The van der Waals surface area contributed by atoms with Crippen LogP contribution in [0.2, 0.25) is 0 Å². The third-order valence-corrected chi connectivity index (χ3v) is 6.94. The average molecular weight is 418 g/mol. The third-order valence-electron chi connectivity index (χ3n) is 4.87. The third kappa shape index (κ3) is 4.33. The van der Waals surface area contributed by atoms with E-state index in [0.29, 0.717) is 13.0 Å². The van der Waals surface area contributed by atoms with Gasteiger partial charge in [-0.05, 0) is 36.2 Å². The lowest BCUT2D eigenvalue weighted by Gasteiger charge is -2.19. The molecule has 154 valence electrons. The minimum absolute atomic E-state index is 0.107. The fourth-order valence-corrected chi connectivity index (χ4v) is 4.84. The summed E-state index contributed by atoms with van der Waals surface area (Å²) in [6.45, 7) is 4.18. The summed E-state index contributed by atoms with van der Waals surface area (Å²) in [6, 6.07) is 11.3. The number of carbonyl (C=O) groups excluding carboxylic acids is 1. The number of aromatic nitrogens is 1. The first-order chi connectivity index (χ1) is 13.9. The Hall–Kier alpha value is -2.71. The van der Waals surface area contributed by atoms with Gasteiger partial charge in [0.05, 0.1) is 0 Å². The van der Waals surface area contributed by atoms with Crippen LogP contribution in [0.4, 0.5) is 4.39 Å². The first-order valence-electron chi connectivity index (χ1n) is 9.51. The predicted octanol–water partition coefficient (Wildman–Crippen LogP) is 3.31. The largest absolute Gasteiger partial charge is 0.361 e. The number of para-hydroxylation sites is 1. The number of aromatic amines is 1. The number of benzene rings is 2. The van der Waals surface area contributed by atoms with Crippen molar-refractivity contribution in [2.45, 2.75) is 25.2 Å². The van der Waals surface area contributed by atoms with Gasteiger partial charge in [0.1, 0.15) is 10.7 Å². The van der Waals surface area contributed by atoms with Gasteiger partial charge in [0.15, 0.2) is 0 Å². The van der Waals surface area contributed by atoms with Crippen molar-refractivity contribution >= 4 is 26.8 Å². The van der Waals surface area contributed by atoms with Crippen molar-refractivity contribution in [3.05, 3.63) is 65.6 Å². The topological polar surface area (TPSA) is 82.3 Å². The molecule has 1 heterocycles. The van der Waals surface area contributed by atoms with Crippen molar-refractivity contribution in [2.75, 3.05) is 19.6 Å². The van der Waals surface area contributed by atoms with Gasteiger partial charge in [-0.3, -0.25) is 4.79 Å². The summed E-state index contributed by atoms with van der Waals surface area (Å²) in [5.74, 6) is -1.31. The normalized spacial score (nSPS) is 11.9. The van der Waals surface area contributed by atoms with E-state index in [1.807, 2.05) is 30.5 Å². The Labute approximate surface area is 169 Å². The van der Waals surface area contributed by atoms with E-state index in [1.165, 1.54) is 6.07 Å². The molecular formula is C21H24FN3O3S. The van der Waals surface area contributed by atoms with Crippen molar-refractivity contribution in [3.8, 4) is 0 Å². The lowest BCUT2D eigenvalue weighted by atomic mass is 10.1. The van der Waals surface area contributed by atoms with Gasteiger partial charge in [0.2, 0.25) is 10.0 Å². The van der Waals surface area contributed by atoms with Gasteiger partial charge in [-0.2, -0.15) is 4.31 Å². The summed E-state index contributed by atoms with van der Waals surface area (Å²) >= 11 is 0. The summed E-state index contributed by atoms with van der Waals surface area (Å²) in [6.07, 6.45) is 2.52. The molecule has 0 saturated heterocycles. The van der Waals surface area contributed by atoms with Gasteiger partial charge in [0, 0.05) is 42.3 Å². The van der Waals surface area contributed by atoms with Crippen LogP contribution in [0, 0.1) is 5.82 Å². The Morgan fingerprint density at radius 3 is 2.59 bits per heavy atom. The molecule has 0 aliphatic rings. The first kappa shape index (κ1) is 21.0. The molecule has 0 unspecified atom stereocenters. The number of rotatable bonds is 8. The Kier molecular flexibility index (Phi) is 6.34. The highest BCUT2D eigenvalue weighted by Gasteiger charge is 2.26. The number of nitrogens with one attached hydrogen (secondary N) is 2. The molecule has 0 fully saturated rings. The highest BCUT2D eigenvalue weighted by atomic mass is 32.2. The number of amides is 1. The molecule has 2 N–H and O–H groups in total. The van der Waals surface area contributed by atoms with Gasteiger partial charge in [-0.1, -0.05) is 32.0 Å². The molecule has 29 heavy (non-hydrogen) atoms. The maximum absolute atomic E-state index is 14.2. The van der Waals surface area contributed by atoms with Gasteiger partial charge in [0.25, 0.3) is 5.91 Å². The highest BCUT2D eigenvalue weighted by Crippen LogP contribution is 2.21. The first-order valence-corrected chi connectivity index (χ1v) is 10.9. The molecule has 2 aromatic carbocycles. The molecule has 0 aliphatic heterocycles. The predicted molar refractivity (Wildman–Crippen MR) is 111 cm³/mol. The number of hydrogen-bond acceptors (Lipinski definition) is 3. The van der Waals surface area contributed by atoms with E-state index in [-0.39, 0.29) is 18.7 Å². The van der Waals surface area contributed by atoms with E-state index >= 15 is 0 Å². The van der Waals surface area contributed by atoms with Crippen molar-refractivity contribution in [3.63, 3.8) is 0 Å². The molecule has 0 saturated carbocycles. The summed E-state index contributed by atoms with van der Waals surface area (Å²) in [4.78, 5) is 15.2. The smallest absolute Gasteiger partial charge is 0.251 e.